The van der Waals surface area contributed by atoms with Crippen molar-refractivity contribution in [2.45, 2.75) is 19.9 Å². The third-order valence-electron chi connectivity index (χ3n) is 4.54. The van der Waals surface area contributed by atoms with Crippen molar-refractivity contribution in [3.05, 3.63) is 93.3 Å². The lowest BCUT2D eigenvalue weighted by Crippen LogP contribution is -2.01. The number of nitrogens with zero attached hydrogens (tertiary/aromatic N) is 2. The van der Waals surface area contributed by atoms with Gasteiger partial charge in [-0.1, -0.05) is 66.2 Å². The molecular weight excluding hydrogens is 332 g/mol. The first kappa shape index (κ1) is 15.9. The van der Waals surface area contributed by atoms with Gasteiger partial charge in [-0.05, 0) is 24.1 Å². The number of rotatable bonds is 3. The maximum Gasteiger partial charge on any atom is 0.189 e. The molecule has 0 fully saturated rings. The zero-order valence-corrected chi connectivity index (χ0v) is 14.6. The molecule has 1 aliphatic carbocycles. The number of carbonyl (C=O) groups is 1. The second-order valence-corrected chi connectivity index (χ2v) is 6.62. The highest BCUT2D eigenvalue weighted by Crippen LogP contribution is 2.30. The minimum atomic E-state index is 0.0851. The van der Waals surface area contributed by atoms with E-state index in [0.29, 0.717) is 18.1 Å². The number of hydrogen-bond acceptors (Lipinski definition) is 2. The van der Waals surface area contributed by atoms with E-state index in [2.05, 4.69) is 5.10 Å². The number of Topliss-reactive ketones (excluding diaryl/α,β-unsaturated/α-hetero) is 1. The summed E-state index contributed by atoms with van der Waals surface area (Å²) >= 11 is 6.56. The summed E-state index contributed by atoms with van der Waals surface area (Å²) in [6, 6.07) is 17.8. The molecule has 0 spiro atoms. The molecule has 3 aromatic rings. The third kappa shape index (κ3) is 2.92. The molecule has 25 heavy (non-hydrogen) atoms. The van der Waals surface area contributed by atoms with Crippen molar-refractivity contribution in [2.75, 3.05) is 0 Å². The Morgan fingerprint density at radius 1 is 1.12 bits per heavy atom. The number of halogens is 1. The maximum absolute atomic E-state index is 12.6. The van der Waals surface area contributed by atoms with E-state index in [9.17, 15) is 4.79 Å². The van der Waals surface area contributed by atoms with Gasteiger partial charge in [0.1, 0.15) is 5.15 Å². The van der Waals surface area contributed by atoms with Crippen LogP contribution in [0.4, 0.5) is 0 Å². The summed E-state index contributed by atoms with van der Waals surface area (Å²) in [6.07, 6.45) is 2.54. The molecular formula is C21H17ClN2O. The van der Waals surface area contributed by atoms with Crippen molar-refractivity contribution in [3.8, 4) is 0 Å². The van der Waals surface area contributed by atoms with E-state index in [4.69, 9.17) is 11.6 Å². The molecule has 1 aliphatic rings. The van der Waals surface area contributed by atoms with Crippen LogP contribution in [0.1, 0.15) is 32.7 Å². The quantitative estimate of drug-likeness (QED) is 0.642. The van der Waals surface area contributed by atoms with Crippen LogP contribution >= 0.6 is 11.6 Å². The van der Waals surface area contributed by atoms with Gasteiger partial charge < -0.3 is 0 Å². The van der Waals surface area contributed by atoms with Gasteiger partial charge in [0.05, 0.1) is 12.2 Å². The van der Waals surface area contributed by atoms with Gasteiger partial charge in [-0.15, -0.1) is 0 Å². The van der Waals surface area contributed by atoms with Crippen LogP contribution in [0.15, 0.2) is 60.2 Å². The number of ketones is 1. The molecule has 0 saturated heterocycles. The minimum absolute atomic E-state index is 0.0851. The molecule has 0 bridgehead atoms. The first-order valence-electron chi connectivity index (χ1n) is 8.23. The Hall–Kier alpha value is -2.65. The average Bonchev–Trinajstić information content (AvgIpc) is 3.08. The van der Waals surface area contributed by atoms with E-state index in [0.717, 1.165) is 33.5 Å². The summed E-state index contributed by atoms with van der Waals surface area (Å²) in [5.74, 6) is 0.0851. The van der Waals surface area contributed by atoms with Gasteiger partial charge in [-0.2, -0.15) is 5.10 Å². The zero-order valence-electron chi connectivity index (χ0n) is 13.9. The molecule has 4 rings (SSSR count). The van der Waals surface area contributed by atoms with Gasteiger partial charge in [-0.3, -0.25) is 4.79 Å². The molecule has 0 amide bonds. The highest BCUT2D eigenvalue weighted by Gasteiger charge is 2.25. The third-order valence-corrected chi connectivity index (χ3v) is 4.94. The summed E-state index contributed by atoms with van der Waals surface area (Å²) in [4.78, 5) is 12.6. The number of benzene rings is 2. The van der Waals surface area contributed by atoms with E-state index in [1.807, 2.05) is 67.6 Å². The van der Waals surface area contributed by atoms with Gasteiger partial charge in [0.15, 0.2) is 5.78 Å². The molecule has 0 atom stereocenters. The molecule has 0 unspecified atom stereocenters. The normalized spacial score (nSPS) is 15.0. The number of fused-ring (bicyclic) bond motifs is 1. The highest BCUT2D eigenvalue weighted by molar-refractivity contribution is 6.31. The highest BCUT2D eigenvalue weighted by atomic mass is 35.5. The van der Waals surface area contributed by atoms with E-state index < -0.39 is 0 Å². The van der Waals surface area contributed by atoms with Crippen molar-refractivity contribution in [1.29, 1.82) is 0 Å². The van der Waals surface area contributed by atoms with Crippen molar-refractivity contribution < 1.29 is 4.79 Å². The summed E-state index contributed by atoms with van der Waals surface area (Å²) in [7, 11) is 0. The molecule has 124 valence electrons. The number of carbonyl (C=O) groups excluding carboxylic acids is 1. The van der Waals surface area contributed by atoms with E-state index in [1.165, 1.54) is 0 Å². The molecule has 3 nitrogen and oxygen atoms in total. The fourth-order valence-electron chi connectivity index (χ4n) is 3.24. The van der Waals surface area contributed by atoms with Crippen molar-refractivity contribution in [3.63, 3.8) is 0 Å². The lowest BCUT2D eigenvalue weighted by atomic mass is 10.1. The monoisotopic (exact) mass is 348 g/mol. The second-order valence-electron chi connectivity index (χ2n) is 6.27. The molecule has 1 aromatic heterocycles. The van der Waals surface area contributed by atoms with Crippen molar-refractivity contribution in [2.24, 2.45) is 0 Å². The molecule has 0 aliphatic heterocycles. The predicted octanol–water partition coefficient (Wildman–Crippen LogP) is 4.72. The molecule has 4 heteroatoms. The van der Waals surface area contributed by atoms with Gasteiger partial charge in [0, 0.05) is 23.1 Å². The summed E-state index contributed by atoms with van der Waals surface area (Å²) in [6.45, 7) is 2.53. The number of allylic oxidation sites excluding steroid dienone is 1. The van der Waals surface area contributed by atoms with Gasteiger partial charge in [0.25, 0.3) is 0 Å². The van der Waals surface area contributed by atoms with Gasteiger partial charge in [0.2, 0.25) is 0 Å². The van der Waals surface area contributed by atoms with Crippen molar-refractivity contribution >= 4 is 23.5 Å². The van der Waals surface area contributed by atoms with E-state index in [-0.39, 0.29) is 5.78 Å². The smallest absolute Gasteiger partial charge is 0.189 e. The average molecular weight is 349 g/mol. The fraction of sp³-hybridized carbons (Fsp3) is 0.143. The first-order valence-corrected chi connectivity index (χ1v) is 8.61. The SMILES string of the molecule is Cc1nn(Cc2ccccc2)c(Cl)c1/C=C1\Cc2ccccc2C1=O. The Balaban J connectivity index is 1.67. The largest absolute Gasteiger partial charge is 0.289 e. The van der Waals surface area contributed by atoms with Crippen molar-refractivity contribution in [1.82, 2.24) is 9.78 Å². The number of aromatic nitrogens is 2. The summed E-state index contributed by atoms with van der Waals surface area (Å²) < 4.78 is 1.78. The van der Waals surface area contributed by atoms with Gasteiger partial charge in [-0.25, -0.2) is 4.68 Å². The van der Waals surface area contributed by atoms with E-state index in [1.54, 1.807) is 4.68 Å². The zero-order chi connectivity index (χ0) is 17.4. The molecule has 2 aromatic carbocycles. The van der Waals surface area contributed by atoms with Gasteiger partial charge >= 0.3 is 0 Å². The number of aryl methyl sites for hydroxylation is 1. The lowest BCUT2D eigenvalue weighted by Gasteiger charge is -2.03. The summed E-state index contributed by atoms with van der Waals surface area (Å²) in [5.41, 5.74) is 5.43. The van der Waals surface area contributed by atoms with Crippen LogP contribution < -0.4 is 0 Å². The van der Waals surface area contributed by atoms with E-state index >= 15 is 0 Å². The van der Waals surface area contributed by atoms with Crippen LogP contribution in [0.2, 0.25) is 5.15 Å². The van der Waals surface area contributed by atoms with Crippen LogP contribution in [0.3, 0.4) is 0 Å². The Morgan fingerprint density at radius 3 is 2.60 bits per heavy atom. The Kier molecular flexibility index (Phi) is 4.02. The Bertz CT molecular complexity index is 986. The molecule has 0 N–H and O–H groups in total. The summed E-state index contributed by atoms with van der Waals surface area (Å²) in [5, 5.41) is 5.12. The molecule has 1 heterocycles. The predicted molar refractivity (Wildman–Crippen MR) is 100.0 cm³/mol. The first-order chi connectivity index (χ1) is 12.1. The number of hydrogen-bond donors (Lipinski definition) is 0. The Labute approximate surface area is 151 Å². The standard InChI is InChI=1S/C21H17ClN2O/c1-14-19(12-17-11-16-9-5-6-10-18(16)20(17)25)21(22)24(23-14)13-15-7-3-2-4-8-15/h2-10,12H,11,13H2,1H3/b17-12+. The topological polar surface area (TPSA) is 34.9 Å². The fourth-order valence-corrected chi connectivity index (χ4v) is 3.53. The molecule has 0 saturated carbocycles. The van der Waals surface area contributed by atoms with Crippen LogP contribution in [0, 0.1) is 6.92 Å². The minimum Gasteiger partial charge on any atom is -0.289 e. The lowest BCUT2D eigenvalue weighted by molar-refractivity contribution is 0.104. The van der Waals surface area contributed by atoms with Crippen LogP contribution in [0.5, 0.6) is 0 Å². The molecule has 0 radical (unpaired) electrons. The maximum atomic E-state index is 12.6. The van der Waals surface area contributed by atoms with Crippen LogP contribution in [0.25, 0.3) is 6.08 Å². The van der Waals surface area contributed by atoms with Crippen LogP contribution in [-0.2, 0) is 13.0 Å². The van der Waals surface area contributed by atoms with Crippen LogP contribution in [-0.4, -0.2) is 15.6 Å². The Morgan fingerprint density at radius 2 is 1.84 bits per heavy atom. The second kappa shape index (κ2) is 6.34.